The zero-order valence-electron chi connectivity index (χ0n) is 13.6. The molecule has 0 spiro atoms. The number of rotatable bonds is 8. The van der Waals surface area contributed by atoms with Crippen molar-refractivity contribution >= 4 is 0 Å². The van der Waals surface area contributed by atoms with Gasteiger partial charge in [-0.25, -0.2) is 0 Å². The highest BCUT2D eigenvalue weighted by atomic mass is 14.1. The van der Waals surface area contributed by atoms with Crippen LogP contribution in [0.3, 0.4) is 0 Å². The second-order valence-electron chi connectivity index (χ2n) is 5.92. The summed E-state index contributed by atoms with van der Waals surface area (Å²) in [6.07, 6.45) is 8.68. The molecule has 0 fully saturated rings. The first kappa shape index (κ1) is 15.8. The summed E-state index contributed by atoms with van der Waals surface area (Å²) in [5.41, 5.74) is 6.15. The van der Waals surface area contributed by atoms with Crippen molar-refractivity contribution in [3.63, 3.8) is 0 Å². The molecule has 0 saturated carbocycles. The fourth-order valence-electron chi connectivity index (χ4n) is 2.95. The van der Waals surface area contributed by atoms with Crippen LogP contribution in [0.1, 0.15) is 61.8 Å². The van der Waals surface area contributed by atoms with E-state index in [2.05, 4.69) is 62.4 Å². The molecule has 2 aromatic carbocycles. The first-order valence-corrected chi connectivity index (χ1v) is 8.48. The van der Waals surface area contributed by atoms with Gasteiger partial charge in [0.25, 0.3) is 0 Å². The average molecular weight is 280 g/mol. The monoisotopic (exact) mass is 280 g/mol. The molecule has 0 nitrogen and oxygen atoms in total. The number of unbranched alkanes of at least 4 members (excludes halogenated alkanes) is 2. The van der Waals surface area contributed by atoms with E-state index in [-0.39, 0.29) is 0 Å². The van der Waals surface area contributed by atoms with Gasteiger partial charge in [0.2, 0.25) is 0 Å². The first-order valence-electron chi connectivity index (χ1n) is 8.48. The van der Waals surface area contributed by atoms with Gasteiger partial charge in [-0.15, -0.1) is 0 Å². The largest absolute Gasteiger partial charge is 0.0654 e. The summed E-state index contributed by atoms with van der Waals surface area (Å²) in [7, 11) is 0. The molecule has 0 atom stereocenters. The lowest BCUT2D eigenvalue weighted by atomic mass is 9.90. The van der Waals surface area contributed by atoms with Gasteiger partial charge in [-0.05, 0) is 54.4 Å². The van der Waals surface area contributed by atoms with Crippen LogP contribution in [0, 0.1) is 0 Å². The van der Waals surface area contributed by atoms with Crippen LogP contribution in [0.2, 0.25) is 0 Å². The van der Waals surface area contributed by atoms with Gasteiger partial charge in [0.15, 0.2) is 0 Å². The number of hydrogen-bond donors (Lipinski definition) is 0. The van der Waals surface area contributed by atoms with Gasteiger partial charge >= 0.3 is 0 Å². The Morgan fingerprint density at radius 1 is 0.667 bits per heavy atom. The lowest BCUT2D eigenvalue weighted by Gasteiger charge is -2.15. The van der Waals surface area contributed by atoms with Crippen LogP contribution in [0.15, 0.2) is 48.5 Å². The van der Waals surface area contributed by atoms with Crippen LogP contribution >= 0.6 is 0 Å². The van der Waals surface area contributed by atoms with E-state index in [1.54, 1.807) is 11.1 Å². The second kappa shape index (κ2) is 8.67. The standard InChI is InChI=1S/C21H28/c1-3-5-13-19-14-10-15-20(21(19)16-6-4-2)17-18-11-8-7-9-12-18/h7-12,14-15H,3-6,13,16-17H2,1-2H3. The lowest BCUT2D eigenvalue weighted by Crippen LogP contribution is -2.02. The molecular formula is C21H28. The summed E-state index contributed by atoms with van der Waals surface area (Å²) in [6, 6.07) is 17.8. The van der Waals surface area contributed by atoms with Crippen LogP contribution in [0.4, 0.5) is 0 Å². The van der Waals surface area contributed by atoms with Gasteiger partial charge in [0, 0.05) is 0 Å². The van der Waals surface area contributed by atoms with Crippen LogP contribution in [0.5, 0.6) is 0 Å². The van der Waals surface area contributed by atoms with E-state index in [1.807, 2.05) is 0 Å². The molecule has 0 aliphatic carbocycles. The molecule has 0 N–H and O–H groups in total. The Morgan fingerprint density at radius 3 is 2.05 bits per heavy atom. The second-order valence-corrected chi connectivity index (χ2v) is 5.92. The van der Waals surface area contributed by atoms with E-state index in [4.69, 9.17) is 0 Å². The van der Waals surface area contributed by atoms with E-state index >= 15 is 0 Å². The average Bonchev–Trinajstić information content (AvgIpc) is 2.53. The number of aryl methyl sites for hydroxylation is 1. The summed E-state index contributed by atoms with van der Waals surface area (Å²) in [5, 5.41) is 0. The Hall–Kier alpha value is -1.56. The normalized spacial score (nSPS) is 10.8. The Balaban J connectivity index is 2.25. The molecule has 0 aliphatic rings. The molecule has 0 unspecified atom stereocenters. The number of hydrogen-bond acceptors (Lipinski definition) is 0. The smallest absolute Gasteiger partial charge is 0.00229 e. The molecule has 0 amide bonds. The Morgan fingerprint density at radius 2 is 1.33 bits per heavy atom. The molecule has 0 saturated heterocycles. The predicted molar refractivity (Wildman–Crippen MR) is 92.9 cm³/mol. The summed E-state index contributed by atoms with van der Waals surface area (Å²) >= 11 is 0. The first-order chi connectivity index (χ1) is 10.3. The molecule has 2 aromatic rings. The van der Waals surface area contributed by atoms with Crippen molar-refractivity contribution < 1.29 is 0 Å². The topological polar surface area (TPSA) is 0 Å². The molecular weight excluding hydrogens is 252 g/mol. The van der Waals surface area contributed by atoms with Gasteiger partial charge in [0.1, 0.15) is 0 Å². The summed E-state index contributed by atoms with van der Waals surface area (Å²) in [5.74, 6) is 0. The van der Waals surface area contributed by atoms with E-state index in [9.17, 15) is 0 Å². The van der Waals surface area contributed by atoms with Gasteiger partial charge in [-0.1, -0.05) is 75.2 Å². The van der Waals surface area contributed by atoms with Crippen LogP contribution in [0.25, 0.3) is 0 Å². The lowest BCUT2D eigenvalue weighted by molar-refractivity contribution is 0.752. The van der Waals surface area contributed by atoms with E-state index in [0.717, 1.165) is 6.42 Å². The third-order valence-corrected chi connectivity index (χ3v) is 4.19. The summed E-state index contributed by atoms with van der Waals surface area (Å²) in [6.45, 7) is 4.56. The molecule has 21 heavy (non-hydrogen) atoms. The van der Waals surface area contributed by atoms with Gasteiger partial charge in [-0.3, -0.25) is 0 Å². The van der Waals surface area contributed by atoms with Gasteiger partial charge < -0.3 is 0 Å². The van der Waals surface area contributed by atoms with E-state index in [1.165, 1.54) is 49.7 Å². The van der Waals surface area contributed by atoms with Crippen molar-refractivity contribution in [2.45, 2.75) is 58.8 Å². The third-order valence-electron chi connectivity index (χ3n) is 4.19. The predicted octanol–water partition coefficient (Wildman–Crippen LogP) is 5.96. The summed E-state index contributed by atoms with van der Waals surface area (Å²) in [4.78, 5) is 0. The minimum Gasteiger partial charge on any atom is -0.0654 e. The highest BCUT2D eigenvalue weighted by Crippen LogP contribution is 2.22. The van der Waals surface area contributed by atoms with Crippen LogP contribution < -0.4 is 0 Å². The zero-order valence-corrected chi connectivity index (χ0v) is 13.6. The zero-order chi connectivity index (χ0) is 14.9. The van der Waals surface area contributed by atoms with Crippen LogP contribution in [-0.2, 0) is 19.3 Å². The van der Waals surface area contributed by atoms with Crippen molar-refractivity contribution in [3.8, 4) is 0 Å². The molecule has 0 aromatic heterocycles. The molecule has 0 heterocycles. The maximum atomic E-state index is 2.34. The van der Waals surface area contributed by atoms with Crippen molar-refractivity contribution in [2.75, 3.05) is 0 Å². The Labute approximate surface area is 130 Å². The van der Waals surface area contributed by atoms with Gasteiger partial charge in [0.05, 0.1) is 0 Å². The van der Waals surface area contributed by atoms with Crippen molar-refractivity contribution in [2.24, 2.45) is 0 Å². The van der Waals surface area contributed by atoms with Crippen molar-refractivity contribution in [1.82, 2.24) is 0 Å². The van der Waals surface area contributed by atoms with Crippen LogP contribution in [-0.4, -0.2) is 0 Å². The van der Waals surface area contributed by atoms with Crippen molar-refractivity contribution in [3.05, 3.63) is 70.8 Å². The third kappa shape index (κ3) is 4.74. The Kier molecular flexibility index (Phi) is 6.53. The SMILES string of the molecule is CCCCc1cccc(Cc2ccccc2)c1CCCC. The van der Waals surface area contributed by atoms with Crippen molar-refractivity contribution in [1.29, 1.82) is 0 Å². The summed E-state index contributed by atoms with van der Waals surface area (Å²) < 4.78 is 0. The highest BCUT2D eigenvalue weighted by molar-refractivity contribution is 5.39. The molecule has 0 aliphatic heterocycles. The minimum absolute atomic E-state index is 1.07. The molecule has 0 heteroatoms. The maximum Gasteiger partial charge on any atom is -0.00229 e. The highest BCUT2D eigenvalue weighted by Gasteiger charge is 2.08. The fourth-order valence-corrected chi connectivity index (χ4v) is 2.95. The molecule has 0 bridgehead atoms. The maximum absolute atomic E-state index is 2.34. The van der Waals surface area contributed by atoms with Gasteiger partial charge in [-0.2, -0.15) is 0 Å². The molecule has 0 radical (unpaired) electrons. The van der Waals surface area contributed by atoms with E-state index < -0.39 is 0 Å². The fraction of sp³-hybridized carbons (Fsp3) is 0.429. The molecule has 2 rings (SSSR count). The quantitative estimate of drug-likeness (QED) is 0.559. The Bertz CT molecular complexity index is 525. The van der Waals surface area contributed by atoms with E-state index in [0.29, 0.717) is 0 Å². The molecule has 112 valence electrons. The number of benzene rings is 2. The minimum atomic E-state index is 1.07.